The molecular weight excluding hydrogens is 234 g/mol. The molecule has 3 N–H and O–H groups in total. The van der Waals surface area contributed by atoms with Crippen LogP contribution in [0.4, 0.5) is 5.82 Å². The molecule has 0 radical (unpaired) electrons. The van der Waals surface area contributed by atoms with E-state index in [9.17, 15) is 10.2 Å². The number of rotatable bonds is 3. The third-order valence-corrected chi connectivity index (χ3v) is 2.40. The van der Waals surface area contributed by atoms with Crippen LogP contribution in [0.25, 0.3) is 0 Å². The van der Waals surface area contributed by atoms with Gasteiger partial charge in [0.1, 0.15) is 17.6 Å². The molecule has 2 rings (SSSR count). The Balaban J connectivity index is 2.37. The second-order valence-corrected chi connectivity index (χ2v) is 3.57. The van der Waals surface area contributed by atoms with Gasteiger partial charge in [0.15, 0.2) is 0 Å². The minimum Gasteiger partial charge on any atom is -0.372 e. The van der Waals surface area contributed by atoms with Crippen molar-refractivity contribution in [3.05, 3.63) is 41.9 Å². The highest BCUT2D eigenvalue weighted by molar-refractivity contribution is 5.32. The van der Waals surface area contributed by atoms with E-state index in [2.05, 4.69) is 15.4 Å². The number of aromatic nitrogens is 3. The first-order valence-corrected chi connectivity index (χ1v) is 5.13. The minimum atomic E-state index is -2.36. The summed E-state index contributed by atoms with van der Waals surface area (Å²) < 4.78 is 0.965. The lowest BCUT2D eigenvalue weighted by Gasteiger charge is -2.20. The van der Waals surface area contributed by atoms with Crippen molar-refractivity contribution in [2.24, 2.45) is 0 Å². The second-order valence-electron chi connectivity index (χ2n) is 3.57. The van der Waals surface area contributed by atoms with Gasteiger partial charge in [0, 0.05) is 25.5 Å². The quantitative estimate of drug-likeness (QED) is 0.648. The molecule has 0 aliphatic carbocycles. The van der Waals surface area contributed by atoms with E-state index in [1.54, 1.807) is 13.1 Å². The third-order valence-electron chi connectivity index (χ3n) is 2.40. The average Bonchev–Trinajstić information content (AvgIpc) is 2.88. The lowest BCUT2D eigenvalue weighted by atomic mass is 10.2. The molecule has 0 amide bonds. The monoisotopic (exact) mass is 245 g/mol. The Morgan fingerprint density at radius 2 is 2.17 bits per heavy atom. The molecule has 0 aliphatic heterocycles. The Labute approximate surface area is 103 Å². The second kappa shape index (κ2) is 4.44. The standard InChI is InChI=1S/C11H11N5O2/c1-13-10-4-5-16(15-10)11(17,18)9-3-2-8(6-12)7-14-9/h2-5,7,17-18H,1H3,(H,13,15). The summed E-state index contributed by atoms with van der Waals surface area (Å²) in [4.78, 5) is 3.83. The zero-order valence-electron chi connectivity index (χ0n) is 9.57. The molecule has 0 bridgehead atoms. The fourth-order valence-electron chi connectivity index (χ4n) is 1.41. The van der Waals surface area contributed by atoms with Gasteiger partial charge in [-0.15, -0.1) is 0 Å². The first-order chi connectivity index (χ1) is 8.57. The van der Waals surface area contributed by atoms with Gasteiger partial charge < -0.3 is 15.5 Å². The summed E-state index contributed by atoms with van der Waals surface area (Å²) in [6.07, 6.45) is 2.67. The number of nitrogens with one attached hydrogen (secondary N) is 1. The summed E-state index contributed by atoms with van der Waals surface area (Å²) >= 11 is 0. The van der Waals surface area contributed by atoms with Gasteiger partial charge in [-0.05, 0) is 12.1 Å². The van der Waals surface area contributed by atoms with Crippen molar-refractivity contribution in [1.29, 1.82) is 5.26 Å². The Bertz CT molecular complexity index is 582. The number of pyridine rings is 1. The van der Waals surface area contributed by atoms with Gasteiger partial charge in [0.25, 0.3) is 0 Å². The van der Waals surface area contributed by atoms with E-state index in [0.717, 1.165) is 4.68 Å². The predicted molar refractivity (Wildman–Crippen MR) is 62.2 cm³/mol. The molecule has 0 spiro atoms. The molecule has 0 aliphatic rings. The highest BCUT2D eigenvalue weighted by atomic mass is 16.5. The molecule has 0 aromatic carbocycles. The Kier molecular flexibility index (Phi) is 2.97. The summed E-state index contributed by atoms with van der Waals surface area (Å²) in [5, 5.41) is 35.4. The average molecular weight is 245 g/mol. The Morgan fingerprint density at radius 1 is 1.39 bits per heavy atom. The van der Waals surface area contributed by atoms with Crippen LogP contribution in [0, 0.1) is 11.3 Å². The van der Waals surface area contributed by atoms with Crippen LogP contribution in [0.5, 0.6) is 0 Å². The van der Waals surface area contributed by atoms with Crippen LogP contribution in [-0.4, -0.2) is 32.0 Å². The van der Waals surface area contributed by atoms with Gasteiger partial charge in [-0.2, -0.15) is 10.4 Å². The van der Waals surface area contributed by atoms with Crippen molar-refractivity contribution in [3.8, 4) is 6.07 Å². The van der Waals surface area contributed by atoms with E-state index in [4.69, 9.17) is 5.26 Å². The van der Waals surface area contributed by atoms with Crippen molar-refractivity contribution in [3.63, 3.8) is 0 Å². The fraction of sp³-hybridized carbons (Fsp3) is 0.182. The number of hydrogen-bond donors (Lipinski definition) is 3. The van der Waals surface area contributed by atoms with Crippen LogP contribution in [0.2, 0.25) is 0 Å². The molecule has 18 heavy (non-hydrogen) atoms. The smallest absolute Gasteiger partial charge is 0.312 e. The minimum absolute atomic E-state index is 0.0211. The molecule has 0 saturated heterocycles. The fourth-order valence-corrected chi connectivity index (χ4v) is 1.41. The number of nitriles is 1. The molecule has 0 fully saturated rings. The largest absolute Gasteiger partial charge is 0.372 e. The van der Waals surface area contributed by atoms with Gasteiger partial charge in [0.2, 0.25) is 0 Å². The lowest BCUT2D eigenvalue weighted by Crippen LogP contribution is -2.35. The first kappa shape index (κ1) is 12.0. The Hall–Kier alpha value is -2.43. The SMILES string of the molecule is CNc1ccn(C(O)(O)c2ccc(C#N)cn2)n1. The van der Waals surface area contributed by atoms with Gasteiger partial charge in [-0.3, -0.25) is 4.98 Å². The predicted octanol–water partition coefficient (Wildman–Crippen LogP) is -0.165. The summed E-state index contributed by atoms with van der Waals surface area (Å²) in [7, 11) is 1.67. The van der Waals surface area contributed by atoms with Crippen molar-refractivity contribution >= 4 is 5.82 Å². The van der Waals surface area contributed by atoms with Gasteiger partial charge >= 0.3 is 5.91 Å². The van der Waals surface area contributed by atoms with Crippen LogP contribution < -0.4 is 5.32 Å². The van der Waals surface area contributed by atoms with Crippen molar-refractivity contribution in [2.45, 2.75) is 5.91 Å². The van der Waals surface area contributed by atoms with Crippen molar-refractivity contribution in [2.75, 3.05) is 12.4 Å². The maximum atomic E-state index is 10.0. The highest BCUT2D eigenvalue weighted by Crippen LogP contribution is 2.19. The first-order valence-electron chi connectivity index (χ1n) is 5.13. The molecular formula is C11H11N5O2. The molecule has 92 valence electrons. The van der Waals surface area contributed by atoms with Crippen LogP contribution in [0.1, 0.15) is 11.3 Å². The third kappa shape index (κ3) is 2.02. The maximum Gasteiger partial charge on any atom is 0.312 e. The van der Waals surface area contributed by atoms with Gasteiger partial charge in [-0.25, -0.2) is 4.68 Å². The van der Waals surface area contributed by atoms with Crippen LogP contribution in [-0.2, 0) is 5.91 Å². The highest BCUT2D eigenvalue weighted by Gasteiger charge is 2.31. The topological polar surface area (TPSA) is 107 Å². The summed E-state index contributed by atoms with van der Waals surface area (Å²) in [5.41, 5.74) is 0.318. The van der Waals surface area contributed by atoms with E-state index in [1.807, 2.05) is 6.07 Å². The number of aliphatic hydroxyl groups is 2. The molecule has 0 unspecified atom stereocenters. The Morgan fingerprint density at radius 3 is 2.67 bits per heavy atom. The zero-order chi connectivity index (χ0) is 13.2. The van der Waals surface area contributed by atoms with Gasteiger partial charge in [-0.1, -0.05) is 0 Å². The molecule has 2 aromatic rings. The molecule has 7 nitrogen and oxygen atoms in total. The molecule has 7 heteroatoms. The molecule has 2 aromatic heterocycles. The van der Waals surface area contributed by atoms with Crippen LogP contribution in [0.3, 0.4) is 0 Å². The normalized spacial score (nSPS) is 11.0. The number of anilines is 1. The zero-order valence-corrected chi connectivity index (χ0v) is 9.57. The van der Waals surface area contributed by atoms with Crippen molar-refractivity contribution in [1.82, 2.24) is 14.8 Å². The number of hydrogen-bond acceptors (Lipinski definition) is 6. The number of nitrogens with zero attached hydrogens (tertiary/aromatic N) is 4. The summed E-state index contributed by atoms with van der Waals surface area (Å²) in [6.45, 7) is 0. The van der Waals surface area contributed by atoms with E-state index < -0.39 is 5.91 Å². The van der Waals surface area contributed by atoms with E-state index in [0.29, 0.717) is 11.4 Å². The molecule has 2 heterocycles. The summed E-state index contributed by atoms with van der Waals surface area (Å²) in [6, 6.07) is 6.30. The van der Waals surface area contributed by atoms with Crippen LogP contribution in [0.15, 0.2) is 30.6 Å². The molecule has 0 saturated carbocycles. The van der Waals surface area contributed by atoms with Crippen molar-refractivity contribution < 1.29 is 10.2 Å². The maximum absolute atomic E-state index is 10.0. The molecule has 0 atom stereocenters. The van der Waals surface area contributed by atoms with E-state index in [1.165, 1.54) is 24.5 Å². The van der Waals surface area contributed by atoms with Crippen LogP contribution >= 0.6 is 0 Å². The van der Waals surface area contributed by atoms with E-state index >= 15 is 0 Å². The van der Waals surface area contributed by atoms with Gasteiger partial charge in [0.05, 0.1) is 5.56 Å². The lowest BCUT2D eigenvalue weighted by molar-refractivity contribution is -0.202. The summed E-state index contributed by atoms with van der Waals surface area (Å²) in [5.74, 6) is -1.86. The van der Waals surface area contributed by atoms with E-state index in [-0.39, 0.29) is 5.69 Å².